The molecule has 0 saturated heterocycles. The highest BCUT2D eigenvalue weighted by molar-refractivity contribution is 5.54. The third-order valence-corrected chi connectivity index (χ3v) is 4.68. The van der Waals surface area contributed by atoms with Gasteiger partial charge in [-0.05, 0) is 54.4 Å². The molecule has 1 aromatic heterocycles. The van der Waals surface area contributed by atoms with Crippen molar-refractivity contribution in [1.82, 2.24) is 10.2 Å². The van der Waals surface area contributed by atoms with Crippen LogP contribution in [0.4, 0.5) is 10.1 Å². The van der Waals surface area contributed by atoms with Gasteiger partial charge in [-0.25, -0.2) is 4.39 Å². The second-order valence-corrected chi connectivity index (χ2v) is 6.72. The average Bonchev–Trinajstić information content (AvgIpc) is 3.20. The molecule has 0 N–H and O–H groups in total. The molecule has 0 unspecified atom stereocenters. The van der Waals surface area contributed by atoms with Crippen LogP contribution in [0.2, 0.25) is 0 Å². The molecule has 28 heavy (non-hydrogen) atoms. The maximum Gasteiger partial charge on any atom is 0.247 e. The smallest absolute Gasteiger partial charge is 0.247 e. The van der Waals surface area contributed by atoms with E-state index in [2.05, 4.69) is 21.2 Å². The first-order chi connectivity index (χ1) is 13.6. The maximum atomic E-state index is 13.5. The van der Waals surface area contributed by atoms with Crippen LogP contribution in [0.5, 0.6) is 0 Å². The van der Waals surface area contributed by atoms with Gasteiger partial charge in [0.2, 0.25) is 11.8 Å². The fourth-order valence-corrected chi connectivity index (χ4v) is 3.22. The zero-order valence-electron chi connectivity index (χ0n) is 15.7. The van der Waals surface area contributed by atoms with Gasteiger partial charge in [0.15, 0.2) is 0 Å². The highest BCUT2D eigenvalue weighted by Crippen LogP contribution is 2.33. The first-order valence-corrected chi connectivity index (χ1v) is 9.05. The van der Waals surface area contributed by atoms with Crippen molar-refractivity contribution >= 4 is 5.69 Å². The van der Waals surface area contributed by atoms with Crippen LogP contribution in [0.1, 0.15) is 23.1 Å². The fraction of sp³-hybridized carbons (Fsp3) is 0.130. The van der Waals surface area contributed by atoms with Crippen molar-refractivity contribution in [3.63, 3.8) is 0 Å². The van der Waals surface area contributed by atoms with E-state index >= 15 is 0 Å². The van der Waals surface area contributed by atoms with Crippen molar-refractivity contribution in [2.45, 2.75) is 13.0 Å². The lowest BCUT2D eigenvalue weighted by atomic mass is 10.0. The number of hydrogen-bond donors (Lipinski definition) is 0. The normalized spacial score (nSPS) is 12.0. The first-order valence-electron chi connectivity index (χ1n) is 9.05. The summed E-state index contributed by atoms with van der Waals surface area (Å²) in [6.07, 6.45) is 0. The maximum absolute atomic E-state index is 13.5. The summed E-state index contributed by atoms with van der Waals surface area (Å²) < 4.78 is 19.5. The van der Waals surface area contributed by atoms with Gasteiger partial charge in [-0.3, -0.25) is 0 Å². The number of anilines is 1. The van der Waals surface area contributed by atoms with Gasteiger partial charge in [-0.15, -0.1) is 10.2 Å². The second-order valence-electron chi connectivity index (χ2n) is 6.72. The Morgan fingerprint density at radius 2 is 1.64 bits per heavy atom. The highest BCUT2D eigenvalue weighted by atomic mass is 19.1. The molecule has 0 bridgehead atoms. The molecule has 3 aromatic carbocycles. The van der Waals surface area contributed by atoms with E-state index in [-0.39, 0.29) is 11.9 Å². The molecule has 1 heterocycles. The Kier molecular flexibility index (Phi) is 4.89. The van der Waals surface area contributed by atoms with Crippen LogP contribution < -0.4 is 4.90 Å². The molecule has 5 heteroatoms. The number of halogens is 1. The van der Waals surface area contributed by atoms with Crippen LogP contribution in [-0.4, -0.2) is 17.2 Å². The Morgan fingerprint density at radius 1 is 0.893 bits per heavy atom. The summed E-state index contributed by atoms with van der Waals surface area (Å²) >= 11 is 0. The molecule has 0 spiro atoms. The van der Waals surface area contributed by atoms with Gasteiger partial charge in [0, 0.05) is 18.3 Å². The van der Waals surface area contributed by atoms with Crippen molar-refractivity contribution in [2.75, 3.05) is 11.9 Å². The molecule has 0 aliphatic rings. The Labute approximate surface area is 163 Å². The molecule has 0 aliphatic carbocycles. The summed E-state index contributed by atoms with van der Waals surface area (Å²) in [6, 6.07) is 23.9. The third kappa shape index (κ3) is 3.64. The number of hydrogen-bond acceptors (Lipinski definition) is 4. The first kappa shape index (κ1) is 17.9. The Morgan fingerprint density at radius 3 is 2.36 bits per heavy atom. The van der Waals surface area contributed by atoms with E-state index in [1.165, 1.54) is 12.1 Å². The average molecular weight is 373 g/mol. The van der Waals surface area contributed by atoms with Gasteiger partial charge >= 0.3 is 0 Å². The van der Waals surface area contributed by atoms with E-state index in [1.807, 2.05) is 62.5 Å². The summed E-state index contributed by atoms with van der Waals surface area (Å²) in [5.41, 5.74) is 3.89. The van der Waals surface area contributed by atoms with Crippen LogP contribution in [-0.2, 0) is 0 Å². The summed E-state index contributed by atoms with van der Waals surface area (Å²) in [6.45, 7) is 2.05. The van der Waals surface area contributed by atoms with Crippen molar-refractivity contribution in [2.24, 2.45) is 0 Å². The Balaban J connectivity index is 1.77. The quantitative estimate of drug-likeness (QED) is 0.469. The van der Waals surface area contributed by atoms with Gasteiger partial charge in [0.25, 0.3) is 0 Å². The molecular weight excluding hydrogens is 353 g/mol. The van der Waals surface area contributed by atoms with Crippen molar-refractivity contribution in [3.05, 3.63) is 102 Å². The number of aromatic nitrogens is 2. The van der Waals surface area contributed by atoms with Gasteiger partial charge in [0.1, 0.15) is 11.9 Å². The summed E-state index contributed by atoms with van der Waals surface area (Å²) in [5, 5.41) is 8.54. The van der Waals surface area contributed by atoms with Crippen LogP contribution in [0.15, 0.2) is 83.3 Å². The Bertz CT molecular complexity index is 1060. The molecule has 140 valence electrons. The van der Waals surface area contributed by atoms with Gasteiger partial charge in [-0.2, -0.15) is 0 Å². The van der Waals surface area contributed by atoms with Crippen molar-refractivity contribution in [1.29, 1.82) is 0 Å². The fourth-order valence-electron chi connectivity index (χ4n) is 3.22. The third-order valence-electron chi connectivity index (χ3n) is 4.68. The van der Waals surface area contributed by atoms with Crippen LogP contribution >= 0.6 is 0 Å². The predicted molar refractivity (Wildman–Crippen MR) is 108 cm³/mol. The van der Waals surface area contributed by atoms with Crippen molar-refractivity contribution in [3.8, 4) is 11.5 Å². The van der Waals surface area contributed by atoms with Gasteiger partial charge in [0.05, 0.1) is 0 Å². The van der Waals surface area contributed by atoms with Gasteiger partial charge < -0.3 is 9.32 Å². The lowest BCUT2D eigenvalue weighted by molar-refractivity contribution is 0.476. The minimum Gasteiger partial charge on any atom is -0.418 e. The lowest BCUT2D eigenvalue weighted by Gasteiger charge is -2.28. The zero-order valence-corrected chi connectivity index (χ0v) is 15.7. The molecule has 1 atom stereocenters. The van der Waals surface area contributed by atoms with Gasteiger partial charge in [-0.1, -0.05) is 42.5 Å². The summed E-state index contributed by atoms with van der Waals surface area (Å²) in [4.78, 5) is 2.06. The molecule has 4 rings (SSSR count). The van der Waals surface area contributed by atoms with Crippen LogP contribution in [0, 0.1) is 12.7 Å². The zero-order chi connectivity index (χ0) is 19.5. The number of benzene rings is 3. The van der Waals surface area contributed by atoms with E-state index in [4.69, 9.17) is 4.42 Å². The predicted octanol–water partition coefficient (Wildman–Crippen LogP) is 5.41. The number of rotatable bonds is 5. The summed E-state index contributed by atoms with van der Waals surface area (Å²) in [7, 11) is 1.97. The minimum atomic E-state index is -0.340. The van der Waals surface area contributed by atoms with E-state index in [1.54, 1.807) is 12.1 Å². The molecule has 0 saturated carbocycles. The number of nitrogens with zero attached hydrogens (tertiary/aromatic N) is 3. The highest BCUT2D eigenvalue weighted by Gasteiger charge is 2.26. The monoisotopic (exact) mass is 373 g/mol. The SMILES string of the molecule is Cc1cccc(N(C)[C@H](c2ccc(F)cc2)c2nnc(-c3ccccc3)o2)c1. The molecule has 0 aliphatic heterocycles. The number of aryl methyl sites for hydroxylation is 1. The molecular formula is C23H20FN3O. The van der Waals surface area contributed by atoms with E-state index in [0.29, 0.717) is 11.8 Å². The second kappa shape index (κ2) is 7.64. The van der Waals surface area contributed by atoms with E-state index in [0.717, 1.165) is 22.4 Å². The van der Waals surface area contributed by atoms with Crippen molar-refractivity contribution < 1.29 is 8.81 Å². The largest absolute Gasteiger partial charge is 0.418 e. The lowest BCUT2D eigenvalue weighted by Crippen LogP contribution is -2.25. The summed E-state index contributed by atoms with van der Waals surface area (Å²) in [5.74, 6) is 0.631. The van der Waals surface area contributed by atoms with E-state index in [9.17, 15) is 4.39 Å². The minimum absolute atomic E-state index is 0.281. The molecule has 0 amide bonds. The van der Waals surface area contributed by atoms with E-state index < -0.39 is 0 Å². The topological polar surface area (TPSA) is 42.2 Å². The molecule has 0 fully saturated rings. The molecule has 4 nitrogen and oxygen atoms in total. The molecule has 0 radical (unpaired) electrons. The standard InChI is InChI=1S/C23H20FN3O/c1-16-7-6-10-20(15-16)27(2)21(17-11-13-19(24)14-12-17)23-26-25-22(28-23)18-8-4-3-5-9-18/h3-15,21H,1-2H3/t21-/m1/s1. The van der Waals surface area contributed by atoms with Crippen LogP contribution in [0.25, 0.3) is 11.5 Å². The molecule has 4 aromatic rings. The van der Waals surface area contributed by atoms with Crippen LogP contribution in [0.3, 0.4) is 0 Å². The Hall–Kier alpha value is -3.47.